The third kappa shape index (κ3) is 10.6. The maximum Gasteiger partial charge on any atom is 0.409 e. The van der Waals surface area contributed by atoms with Crippen LogP contribution in [-0.2, 0) is 23.9 Å². The Hall–Kier alpha value is -2.69. The quantitative estimate of drug-likeness (QED) is 0.514. The van der Waals surface area contributed by atoms with Gasteiger partial charge in [-0.1, -0.05) is 13.8 Å². The molecular formula is C27H44N4O6S. The van der Waals surface area contributed by atoms with E-state index in [1.165, 1.54) is 16.2 Å². The molecule has 0 unspecified atom stereocenters. The third-order valence-electron chi connectivity index (χ3n) is 6.17. The summed E-state index contributed by atoms with van der Waals surface area (Å²) in [7, 11) is 1.67. The van der Waals surface area contributed by atoms with E-state index < -0.39 is 35.5 Å². The van der Waals surface area contributed by atoms with Gasteiger partial charge < -0.3 is 25.0 Å². The minimum absolute atomic E-state index is 0.120. The van der Waals surface area contributed by atoms with Crippen molar-refractivity contribution in [1.29, 1.82) is 0 Å². The molecule has 1 aliphatic rings. The van der Waals surface area contributed by atoms with Gasteiger partial charge in [0.15, 0.2) is 5.13 Å². The summed E-state index contributed by atoms with van der Waals surface area (Å²) in [5.74, 6) is -2.51. The number of aromatic nitrogens is 1. The van der Waals surface area contributed by atoms with Gasteiger partial charge in [0, 0.05) is 19.0 Å². The van der Waals surface area contributed by atoms with E-state index in [0.717, 1.165) is 5.69 Å². The number of thiazole rings is 1. The lowest BCUT2D eigenvalue weighted by molar-refractivity contribution is -0.164. The average molecular weight is 553 g/mol. The molecule has 11 heteroatoms. The Morgan fingerprint density at radius 2 is 1.95 bits per heavy atom. The molecule has 0 aromatic carbocycles. The molecule has 1 fully saturated rings. The zero-order valence-electron chi connectivity index (χ0n) is 23.8. The molecule has 1 aliphatic heterocycles. The molecule has 3 amide bonds. The molecule has 10 nitrogen and oxygen atoms in total. The van der Waals surface area contributed by atoms with E-state index in [0.29, 0.717) is 50.2 Å². The first kappa shape index (κ1) is 31.5. The topological polar surface area (TPSA) is 127 Å². The number of ether oxygens (including phenoxy) is 2. The Kier molecular flexibility index (Phi) is 12.0. The summed E-state index contributed by atoms with van der Waals surface area (Å²) in [6.45, 7) is 11.8. The van der Waals surface area contributed by atoms with Crippen LogP contribution in [0, 0.1) is 24.7 Å². The minimum Gasteiger partial charge on any atom is -0.460 e. The fourth-order valence-electron chi connectivity index (χ4n) is 4.34. The molecule has 0 aliphatic carbocycles. The number of aryl methyl sites for hydroxylation is 1. The number of esters is 1. The normalized spacial score (nSPS) is 22.6. The molecule has 1 aromatic rings. The molecule has 0 radical (unpaired) electrons. The van der Waals surface area contributed by atoms with Crippen LogP contribution in [0.2, 0.25) is 0 Å². The van der Waals surface area contributed by atoms with Gasteiger partial charge in [-0.25, -0.2) is 9.78 Å². The molecule has 2 heterocycles. The monoisotopic (exact) mass is 552 g/mol. The van der Waals surface area contributed by atoms with Crippen molar-refractivity contribution in [3.63, 3.8) is 0 Å². The van der Waals surface area contributed by atoms with Crippen LogP contribution in [0.3, 0.4) is 0 Å². The van der Waals surface area contributed by atoms with Gasteiger partial charge in [0.05, 0.1) is 24.1 Å². The van der Waals surface area contributed by atoms with Crippen molar-refractivity contribution in [3.8, 4) is 0 Å². The van der Waals surface area contributed by atoms with E-state index in [2.05, 4.69) is 15.6 Å². The number of hydrogen-bond donors (Lipinski definition) is 2. The first-order valence-corrected chi connectivity index (χ1v) is 14.3. The highest BCUT2D eigenvalue weighted by molar-refractivity contribution is 7.13. The minimum atomic E-state index is -0.817. The van der Waals surface area contributed by atoms with Crippen LogP contribution in [0.4, 0.5) is 9.93 Å². The average Bonchev–Trinajstić information content (AvgIpc) is 3.21. The van der Waals surface area contributed by atoms with Crippen LogP contribution in [-0.4, -0.2) is 65.6 Å². The summed E-state index contributed by atoms with van der Waals surface area (Å²) >= 11 is 1.32. The van der Waals surface area contributed by atoms with Gasteiger partial charge in [-0.3, -0.25) is 14.4 Å². The maximum atomic E-state index is 13.7. The van der Waals surface area contributed by atoms with Gasteiger partial charge in [-0.05, 0) is 72.1 Å². The lowest BCUT2D eigenvalue weighted by Gasteiger charge is -2.30. The van der Waals surface area contributed by atoms with Crippen LogP contribution in [0.25, 0.3) is 0 Å². The standard InChI is InChI=1S/C27H44N4O6S/c1-17(2)15-20-19(24(34)37-27(4,5)6)11-10-14-36-26(35)31(7)13-9-8-12-21(29-22(20)32)23(33)30-25-28-18(3)16-38-25/h16-17,19-21H,8-15H2,1-7H3,(H,29,32)(H,28,30,33)/t19-,20+,21-/m0/s1. The Balaban J connectivity index is 2.36. The SMILES string of the molecule is Cc1csc(NC(=O)[C@@H]2CCCCN(C)C(=O)OCCC[C@H](C(=O)OC(C)(C)C)[C@@H](CC(C)C)C(=O)N2)n1. The van der Waals surface area contributed by atoms with Crippen LogP contribution in [0.5, 0.6) is 0 Å². The summed E-state index contributed by atoms with van der Waals surface area (Å²) in [6, 6.07) is -0.817. The predicted molar refractivity (Wildman–Crippen MR) is 147 cm³/mol. The summed E-state index contributed by atoms with van der Waals surface area (Å²) in [5, 5.41) is 8.05. The fourth-order valence-corrected chi connectivity index (χ4v) is 5.03. The van der Waals surface area contributed by atoms with Crippen molar-refractivity contribution < 1.29 is 28.7 Å². The van der Waals surface area contributed by atoms with Crippen LogP contribution >= 0.6 is 11.3 Å². The highest BCUT2D eigenvalue weighted by Gasteiger charge is 2.38. The molecular weight excluding hydrogens is 508 g/mol. The number of rotatable bonds is 5. The van der Waals surface area contributed by atoms with E-state index in [-0.39, 0.29) is 24.3 Å². The van der Waals surface area contributed by atoms with Gasteiger partial charge in [0.1, 0.15) is 11.6 Å². The first-order chi connectivity index (χ1) is 17.8. The number of carbonyl (C=O) groups excluding carboxylic acids is 4. The van der Waals surface area contributed by atoms with E-state index >= 15 is 0 Å². The smallest absolute Gasteiger partial charge is 0.409 e. The van der Waals surface area contributed by atoms with Crippen LogP contribution in [0.1, 0.15) is 78.8 Å². The molecule has 2 rings (SSSR count). The molecule has 214 valence electrons. The number of nitrogens with one attached hydrogen (secondary N) is 2. The van der Waals surface area contributed by atoms with Gasteiger partial charge >= 0.3 is 12.1 Å². The van der Waals surface area contributed by atoms with E-state index in [1.807, 2.05) is 26.2 Å². The summed E-state index contributed by atoms with van der Waals surface area (Å²) < 4.78 is 11.1. The number of amides is 3. The number of carbonyl (C=O) groups is 4. The Morgan fingerprint density at radius 3 is 2.55 bits per heavy atom. The van der Waals surface area contributed by atoms with Crippen LogP contribution < -0.4 is 10.6 Å². The number of hydrogen-bond acceptors (Lipinski definition) is 8. The van der Waals surface area contributed by atoms with Crippen molar-refractivity contribution in [2.45, 2.75) is 91.7 Å². The second-order valence-electron chi connectivity index (χ2n) is 11.4. The number of nitrogens with zero attached hydrogens (tertiary/aromatic N) is 2. The number of anilines is 1. The largest absolute Gasteiger partial charge is 0.460 e. The van der Waals surface area contributed by atoms with Crippen molar-refractivity contribution in [1.82, 2.24) is 15.2 Å². The Morgan fingerprint density at radius 1 is 1.24 bits per heavy atom. The van der Waals surface area contributed by atoms with E-state index in [9.17, 15) is 19.2 Å². The Labute approximate surface area is 230 Å². The zero-order valence-corrected chi connectivity index (χ0v) is 24.6. The number of cyclic esters (lactones) is 1. The maximum absolute atomic E-state index is 13.7. The Bertz CT molecular complexity index is 958. The van der Waals surface area contributed by atoms with Gasteiger partial charge in [-0.2, -0.15) is 0 Å². The van der Waals surface area contributed by atoms with Gasteiger partial charge in [0.2, 0.25) is 11.8 Å². The molecule has 3 atom stereocenters. The molecule has 0 spiro atoms. The van der Waals surface area contributed by atoms with Crippen LogP contribution in [0.15, 0.2) is 5.38 Å². The molecule has 0 bridgehead atoms. The fraction of sp³-hybridized carbons (Fsp3) is 0.741. The lowest BCUT2D eigenvalue weighted by Crippen LogP contribution is -2.49. The zero-order chi connectivity index (χ0) is 28.5. The van der Waals surface area contributed by atoms with Crippen molar-refractivity contribution in [2.75, 3.05) is 25.5 Å². The molecule has 0 saturated carbocycles. The molecule has 1 aromatic heterocycles. The molecule has 2 N–H and O–H groups in total. The first-order valence-electron chi connectivity index (χ1n) is 13.4. The second-order valence-corrected chi connectivity index (χ2v) is 12.3. The predicted octanol–water partition coefficient (Wildman–Crippen LogP) is 4.53. The highest BCUT2D eigenvalue weighted by Crippen LogP contribution is 2.29. The lowest BCUT2D eigenvalue weighted by atomic mass is 9.81. The summed E-state index contributed by atoms with van der Waals surface area (Å²) in [5.41, 5.74) is 0.0691. The molecule has 1 saturated heterocycles. The third-order valence-corrected chi connectivity index (χ3v) is 7.05. The second kappa shape index (κ2) is 14.5. The summed E-state index contributed by atoms with van der Waals surface area (Å²) in [6.07, 6.45) is 2.32. The summed E-state index contributed by atoms with van der Waals surface area (Å²) in [4.78, 5) is 58.5. The van der Waals surface area contributed by atoms with Crippen molar-refractivity contribution >= 4 is 40.3 Å². The van der Waals surface area contributed by atoms with E-state index in [4.69, 9.17) is 9.47 Å². The van der Waals surface area contributed by atoms with E-state index in [1.54, 1.807) is 27.8 Å². The van der Waals surface area contributed by atoms with Gasteiger partial charge in [-0.15, -0.1) is 11.3 Å². The van der Waals surface area contributed by atoms with Crippen molar-refractivity contribution in [2.24, 2.45) is 17.8 Å². The van der Waals surface area contributed by atoms with Crippen molar-refractivity contribution in [3.05, 3.63) is 11.1 Å². The molecule has 38 heavy (non-hydrogen) atoms. The van der Waals surface area contributed by atoms with Gasteiger partial charge in [0.25, 0.3) is 0 Å². The highest BCUT2D eigenvalue weighted by atomic mass is 32.1.